The lowest BCUT2D eigenvalue weighted by Gasteiger charge is -2.26. The van der Waals surface area contributed by atoms with Crippen LogP contribution in [0.5, 0.6) is 5.75 Å². The minimum absolute atomic E-state index is 0.0270. The molecule has 1 amide bonds. The van der Waals surface area contributed by atoms with Crippen molar-refractivity contribution in [2.75, 3.05) is 90.0 Å². The number of benzene rings is 2. The maximum absolute atomic E-state index is 12.2. The minimum atomic E-state index is -0.558. The molecule has 7 N–H and O–H groups in total. The van der Waals surface area contributed by atoms with Gasteiger partial charge in [-0.25, -0.2) is 0 Å². The number of amides is 1. The number of aromatic nitrogens is 2. The van der Waals surface area contributed by atoms with E-state index in [0.29, 0.717) is 77.2 Å². The van der Waals surface area contributed by atoms with Crippen LogP contribution < -0.4 is 32.2 Å². The van der Waals surface area contributed by atoms with Gasteiger partial charge in [0.05, 0.1) is 62.8 Å². The summed E-state index contributed by atoms with van der Waals surface area (Å²) in [5.74, 6) is 0.687. The number of nitrogen functional groups attached to an aromatic ring is 1. The van der Waals surface area contributed by atoms with Crippen molar-refractivity contribution in [2.24, 2.45) is 5.73 Å². The van der Waals surface area contributed by atoms with Crippen molar-refractivity contribution < 1.29 is 28.6 Å². The van der Waals surface area contributed by atoms with Crippen molar-refractivity contribution in [3.05, 3.63) is 36.4 Å². The Balaban J connectivity index is 0.913. The van der Waals surface area contributed by atoms with E-state index in [1.165, 1.54) is 0 Å². The predicted octanol–water partition coefficient (Wildman–Crippen LogP) is 1.51. The molecule has 2 aliphatic heterocycles. The number of aryl methyl sites for hydroxylation is 1. The van der Waals surface area contributed by atoms with Gasteiger partial charge in [-0.05, 0) is 43.2 Å². The summed E-state index contributed by atoms with van der Waals surface area (Å²) in [6, 6.07) is 11.7. The molecule has 1 saturated heterocycles. The molecule has 45 heavy (non-hydrogen) atoms. The number of piperazine rings is 1. The van der Waals surface area contributed by atoms with Crippen LogP contribution in [-0.2, 0) is 30.4 Å². The van der Waals surface area contributed by atoms with Gasteiger partial charge in [-0.15, -0.1) is 0 Å². The Morgan fingerprint density at radius 2 is 1.76 bits per heavy atom. The summed E-state index contributed by atoms with van der Waals surface area (Å²) < 4.78 is 24.1. The highest BCUT2D eigenvalue weighted by Crippen LogP contribution is 2.38. The van der Waals surface area contributed by atoms with E-state index in [1.807, 2.05) is 46.1 Å². The Morgan fingerprint density at radius 3 is 2.56 bits per heavy atom. The fourth-order valence-electron chi connectivity index (χ4n) is 5.25. The number of anilines is 2. The van der Waals surface area contributed by atoms with Gasteiger partial charge in [-0.2, -0.15) is 10.2 Å². The summed E-state index contributed by atoms with van der Waals surface area (Å²) in [4.78, 5) is 17.8. The molecule has 14 heteroatoms. The molecule has 3 aromatic rings. The fraction of sp³-hybridized carbons (Fsp3) is 0.548. The fourth-order valence-corrected chi connectivity index (χ4v) is 5.25. The molecule has 1 unspecified atom stereocenters. The SMILES string of the molecule is Nc1cccc2c1c(-c1ccc3c(c1)NC(N)O3)nn2CCCCNC(=O)CCOCCOCCOCCON1CCNCC1. The first-order valence-corrected chi connectivity index (χ1v) is 15.8. The van der Waals surface area contributed by atoms with Crippen LogP contribution in [-0.4, -0.2) is 106 Å². The molecule has 0 saturated carbocycles. The van der Waals surface area contributed by atoms with Crippen LogP contribution in [0.15, 0.2) is 36.4 Å². The first-order chi connectivity index (χ1) is 22.1. The lowest BCUT2D eigenvalue weighted by Crippen LogP contribution is -2.43. The zero-order valence-electron chi connectivity index (χ0n) is 25.8. The number of carbonyl (C=O) groups excluding carboxylic acids is 1. The van der Waals surface area contributed by atoms with Gasteiger partial charge in [-0.3, -0.25) is 20.0 Å². The van der Waals surface area contributed by atoms with Gasteiger partial charge in [0.2, 0.25) is 12.3 Å². The maximum Gasteiger partial charge on any atom is 0.225 e. The Hall–Kier alpha value is -3.50. The third-order valence-electron chi connectivity index (χ3n) is 7.53. The second kappa shape index (κ2) is 17.3. The van der Waals surface area contributed by atoms with E-state index in [4.69, 9.17) is 40.4 Å². The van der Waals surface area contributed by atoms with E-state index in [1.54, 1.807) is 0 Å². The molecule has 2 aromatic carbocycles. The van der Waals surface area contributed by atoms with Crippen molar-refractivity contribution in [3.8, 4) is 17.0 Å². The molecular formula is C31H46N8O6. The number of rotatable bonds is 19. The van der Waals surface area contributed by atoms with Crippen molar-refractivity contribution in [1.29, 1.82) is 0 Å². The van der Waals surface area contributed by atoms with E-state index >= 15 is 0 Å². The summed E-state index contributed by atoms with van der Waals surface area (Å²) >= 11 is 0. The number of hydrogen-bond acceptors (Lipinski definition) is 12. The number of ether oxygens (including phenoxy) is 4. The number of fused-ring (bicyclic) bond motifs is 2. The summed E-state index contributed by atoms with van der Waals surface area (Å²) in [5, 5.41) is 17.2. The summed E-state index contributed by atoms with van der Waals surface area (Å²) in [6.45, 7) is 8.34. The van der Waals surface area contributed by atoms with Gasteiger partial charge in [0.15, 0.2) is 0 Å². The monoisotopic (exact) mass is 626 g/mol. The van der Waals surface area contributed by atoms with Crippen LogP contribution in [0.25, 0.3) is 22.2 Å². The van der Waals surface area contributed by atoms with E-state index in [-0.39, 0.29) is 5.91 Å². The molecule has 5 rings (SSSR count). The van der Waals surface area contributed by atoms with Gasteiger partial charge in [0, 0.05) is 56.9 Å². The summed E-state index contributed by atoms with van der Waals surface area (Å²) in [6.07, 6.45) is 1.42. The van der Waals surface area contributed by atoms with E-state index in [0.717, 1.165) is 66.9 Å². The third kappa shape index (κ3) is 9.74. The standard InChI is InChI=1S/C31H46N8O6/c32-24-4-3-5-26-29(24)30(23-6-7-27-25(22-23)36-31(33)45-27)37-39(26)12-2-1-9-35-28(40)8-15-41-16-17-42-18-19-43-20-21-44-38-13-10-34-11-14-38/h3-7,22,31,34,36H,1-2,8-21,32-33H2,(H,35,40). The number of hydroxylamine groups is 2. The smallest absolute Gasteiger partial charge is 0.225 e. The Bertz CT molecular complexity index is 1370. The van der Waals surface area contributed by atoms with E-state index < -0.39 is 6.35 Å². The van der Waals surface area contributed by atoms with Crippen LogP contribution in [0.4, 0.5) is 11.4 Å². The predicted molar refractivity (Wildman–Crippen MR) is 172 cm³/mol. The zero-order valence-corrected chi connectivity index (χ0v) is 25.8. The van der Waals surface area contributed by atoms with Crippen LogP contribution >= 0.6 is 0 Å². The maximum atomic E-state index is 12.2. The number of nitrogens with zero attached hydrogens (tertiary/aromatic N) is 3. The van der Waals surface area contributed by atoms with Gasteiger partial charge >= 0.3 is 0 Å². The number of nitrogens with one attached hydrogen (secondary N) is 3. The van der Waals surface area contributed by atoms with E-state index in [2.05, 4.69) is 16.0 Å². The number of hydrogen-bond donors (Lipinski definition) is 5. The summed E-state index contributed by atoms with van der Waals surface area (Å²) in [5.41, 5.74) is 16.5. The number of unbranched alkanes of at least 4 members (excludes halogenated alkanes) is 1. The van der Waals surface area contributed by atoms with Crippen LogP contribution in [0.3, 0.4) is 0 Å². The molecule has 2 aliphatic rings. The molecule has 0 radical (unpaired) electrons. The van der Waals surface area contributed by atoms with Gasteiger partial charge in [-0.1, -0.05) is 6.07 Å². The molecular weight excluding hydrogens is 580 g/mol. The average molecular weight is 627 g/mol. The van der Waals surface area contributed by atoms with Crippen molar-refractivity contribution in [2.45, 2.75) is 32.2 Å². The van der Waals surface area contributed by atoms with Crippen molar-refractivity contribution in [1.82, 2.24) is 25.5 Å². The summed E-state index contributed by atoms with van der Waals surface area (Å²) in [7, 11) is 0. The third-order valence-corrected chi connectivity index (χ3v) is 7.53. The molecule has 3 heterocycles. The zero-order chi connectivity index (χ0) is 31.3. The second-order valence-corrected chi connectivity index (χ2v) is 10.9. The molecule has 0 aliphatic carbocycles. The largest absolute Gasteiger partial charge is 0.456 e. The molecule has 1 fully saturated rings. The quantitative estimate of drug-likeness (QED) is 0.0961. The molecule has 1 atom stereocenters. The normalized spacial score (nSPS) is 16.4. The Morgan fingerprint density at radius 1 is 1.00 bits per heavy atom. The molecule has 0 bridgehead atoms. The molecule has 0 spiro atoms. The van der Waals surface area contributed by atoms with Gasteiger partial charge < -0.3 is 40.6 Å². The molecule has 14 nitrogen and oxygen atoms in total. The Kier molecular flexibility index (Phi) is 12.6. The highest BCUT2D eigenvalue weighted by atomic mass is 16.7. The lowest BCUT2D eigenvalue weighted by atomic mass is 10.1. The van der Waals surface area contributed by atoms with Crippen LogP contribution in [0.1, 0.15) is 19.3 Å². The van der Waals surface area contributed by atoms with Crippen LogP contribution in [0.2, 0.25) is 0 Å². The molecule has 1 aromatic heterocycles. The van der Waals surface area contributed by atoms with Crippen molar-refractivity contribution in [3.63, 3.8) is 0 Å². The average Bonchev–Trinajstić information content (AvgIpc) is 3.61. The first kappa shape index (κ1) is 32.9. The first-order valence-electron chi connectivity index (χ1n) is 15.8. The second-order valence-electron chi connectivity index (χ2n) is 10.9. The van der Waals surface area contributed by atoms with Crippen molar-refractivity contribution >= 4 is 28.2 Å². The van der Waals surface area contributed by atoms with Gasteiger partial charge in [0.1, 0.15) is 11.4 Å². The van der Waals surface area contributed by atoms with Crippen LogP contribution in [0, 0.1) is 0 Å². The molecule has 246 valence electrons. The van der Waals surface area contributed by atoms with Gasteiger partial charge in [0.25, 0.3) is 0 Å². The topological polar surface area (TPSA) is 172 Å². The number of carbonyl (C=O) groups is 1. The van der Waals surface area contributed by atoms with E-state index in [9.17, 15) is 4.79 Å². The Labute approximate surface area is 263 Å². The highest BCUT2D eigenvalue weighted by molar-refractivity contribution is 6.02. The highest BCUT2D eigenvalue weighted by Gasteiger charge is 2.21. The number of nitrogens with two attached hydrogens (primary N) is 2. The minimum Gasteiger partial charge on any atom is -0.456 e. The lowest BCUT2D eigenvalue weighted by molar-refractivity contribution is -0.175.